The zero-order valence-corrected chi connectivity index (χ0v) is 16.8. The van der Waals surface area contributed by atoms with E-state index in [4.69, 9.17) is 4.74 Å². The largest absolute Gasteiger partial charge is 0.500 e. The van der Waals surface area contributed by atoms with Crippen molar-refractivity contribution in [2.24, 2.45) is 0 Å². The molecule has 28 heavy (non-hydrogen) atoms. The first kappa shape index (κ1) is 19.5. The molecule has 1 aromatic heterocycles. The van der Waals surface area contributed by atoms with Crippen molar-refractivity contribution < 1.29 is 14.8 Å². The van der Waals surface area contributed by atoms with Gasteiger partial charge in [-0.05, 0) is 29.8 Å². The summed E-state index contributed by atoms with van der Waals surface area (Å²) in [7, 11) is 1.29. The second-order valence-electron chi connectivity index (χ2n) is 5.57. The molecule has 2 aromatic carbocycles. The zero-order chi connectivity index (χ0) is 20.3. The monoisotopic (exact) mass is 457 g/mol. The molecule has 1 N–H and O–H groups in total. The minimum atomic E-state index is -0.712. The van der Waals surface area contributed by atoms with Gasteiger partial charge in [0.05, 0.1) is 23.3 Å². The van der Waals surface area contributed by atoms with Crippen LogP contribution < -0.4 is 4.74 Å². The van der Waals surface area contributed by atoms with Crippen molar-refractivity contribution in [1.29, 1.82) is 5.26 Å². The molecule has 0 aliphatic rings. The molecule has 0 amide bonds. The number of phenols is 1. The highest BCUT2D eigenvalue weighted by molar-refractivity contribution is 9.10. The van der Waals surface area contributed by atoms with E-state index in [0.29, 0.717) is 10.6 Å². The van der Waals surface area contributed by atoms with E-state index in [2.05, 4.69) is 27.0 Å². The fraction of sp³-hybridized carbons (Fsp3) is 0.0526. The van der Waals surface area contributed by atoms with Crippen molar-refractivity contribution in [1.82, 2.24) is 4.98 Å². The lowest BCUT2D eigenvalue weighted by Gasteiger charge is -2.05. The Morgan fingerprint density at radius 3 is 2.86 bits per heavy atom. The predicted octanol–water partition coefficient (Wildman–Crippen LogP) is 5.26. The number of benzene rings is 2. The van der Waals surface area contributed by atoms with E-state index in [-0.39, 0.29) is 11.3 Å². The van der Waals surface area contributed by atoms with Crippen LogP contribution >= 0.6 is 27.3 Å². The summed E-state index contributed by atoms with van der Waals surface area (Å²) in [5.74, 6) is -0.610. The lowest BCUT2D eigenvalue weighted by Crippen LogP contribution is -1.93. The Balaban J connectivity index is 2.03. The van der Waals surface area contributed by atoms with Crippen LogP contribution in [0.3, 0.4) is 0 Å². The van der Waals surface area contributed by atoms with E-state index in [0.717, 1.165) is 15.7 Å². The van der Waals surface area contributed by atoms with Crippen molar-refractivity contribution in [2.75, 3.05) is 7.11 Å². The van der Waals surface area contributed by atoms with E-state index < -0.39 is 16.4 Å². The van der Waals surface area contributed by atoms with E-state index in [1.165, 1.54) is 36.7 Å². The van der Waals surface area contributed by atoms with Crippen LogP contribution in [0, 0.1) is 21.4 Å². The Bertz CT molecular complexity index is 1130. The van der Waals surface area contributed by atoms with Crippen LogP contribution in [0.2, 0.25) is 0 Å². The number of thiazole rings is 1. The molecule has 0 saturated heterocycles. The van der Waals surface area contributed by atoms with Gasteiger partial charge in [0.2, 0.25) is 5.75 Å². The van der Waals surface area contributed by atoms with Gasteiger partial charge in [-0.3, -0.25) is 10.1 Å². The number of halogens is 1. The Labute approximate surface area is 172 Å². The highest BCUT2D eigenvalue weighted by atomic mass is 79.9. The summed E-state index contributed by atoms with van der Waals surface area (Å²) in [4.78, 5) is 14.9. The summed E-state index contributed by atoms with van der Waals surface area (Å²) in [6, 6.07) is 12.3. The van der Waals surface area contributed by atoms with Gasteiger partial charge in [-0.1, -0.05) is 28.1 Å². The molecule has 1 heterocycles. The SMILES string of the molecule is COc1cc(C=C(C#N)c2nc(-c3cccc(Br)c3)cs2)cc([N+](=O)[O-])c1O. The summed E-state index contributed by atoms with van der Waals surface area (Å²) >= 11 is 4.71. The van der Waals surface area contributed by atoms with Crippen LogP contribution in [-0.4, -0.2) is 22.1 Å². The molecule has 0 saturated carbocycles. The van der Waals surface area contributed by atoms with Gasteiger partial charge in [0.1, 0.15) is 11.1 Å². The molecule has 0 aliphatic heterocycles. The highest BCUT2D eigenvalue weighted by Gasteiger charge is 2.20. The molecule has 3 rings (SSSR count). The van der Waals surface area contributed by atoms with Gasteiger partial charge < -0.3 is 9.84 Å². The number of aromatic nitrogens is 1. The van der Waals surface area contributed by atoms with Gasteiger partial charge in [0, 0.05) is 21.5 Å². The maximum Gasteiger partial charge on any atom is 0.315 e. The molecule has 140 valence electrons. The van der Waals surface area contributed by atoms with Gasteiger partial charge in [0.25, 0.3) is 0 Å². The third-order valence-electron chi connectivity index (χ3n) is 3.78. The topological polar surface area (TPSA) is 109 Å². The third kappa shape index (κ3) is 4.03. The number of aromatic hydroxyl groups is 1. The highest BCUT2D eigenvalue weighted by Crippen LogP contribution is 2.38. The van der Waals surface area contributed by atoms with Crippen LogP contribution in [0.15, 0.2) is 46.3 Å². The number of rotatable bonds is 5. The summed E-state index contributed by atoms with van der Waals surface area (Å²) < 4.78 is 5.90. The summed E-state index contributed by atoms with van der Waals surface area (Å²) in [5, 5.41) is 32.9. The number of hydrogen-bond acceptors (Lipinski definition) is 7. The van der Waals surface area contributed by atoms with Crippen molar-refractivity contribution in [2.45, 2.75) is 0 Å². The lowest BCUT2D eigenvalue weighted by atomic mass is 10.1. The van der Waals surface area contributed by atoms with E-state index in [1.54, 1.807) is 0 Å². The van der Waals surface area contributed by atoms with E-state index in [9.17, 15) is 20.5 Å². The number of allylic oxidation sites excluding steroid dienone is 1. The summed E-state index contributed by atoms with van der Waals surface area (Å²) in [5.41, 5.74) is 1.70. The normalized spacial score (nSPS) is 11.1. The number of nitro benzene ring substituents is 1. The van der Waals surface area contributed by atoms with Crippen LogP contribution in [0.25, 0.3) is 22.9 Å². The minimum Gasteiger partial charge on any atom is -0.500 e. The first-order valence-electron chi connectivity index (χ1n) is 7.82. The number of nitrogens with zero attached hydrogens (tertiary/aromatic N) is 3. The molecular formula is C19H12BrN3O4S. The van der Waals surface area contributed by atoms with Gasteiger partial charge in [-0.15, -0.1) is 11.3 Å². The second kappa shape index (κ2) is 8.21. The molecule has 0 fully saturated rings. The van der Waals surface area contributed by atoms with Crippen molar-refractivity contribution in [3.05, 3.63) is 66.9 Å². The predicted molar refractivity (Wildman–Crippen MR) is 110 cm³/mol. The zero-order valence-electron chi connectivity index (χ0n) is 14.4. The van der Waals surface area contributed by atoms with Crippen LogP contribution in [0.5, 0.6) is 11.5 Å². The quantitative estimate of drug-likeness (QED) is 0.317. The standard InChI is InChI=1S/C19H12BrN3O4S/c1-27-17-7-11(6-16(18(17)24)23(25)26)5-13(9-21)19-22-15(10-28-19)12-3-2-4-14(20)8-12/h2-8,10,24H,1H3. The van der Waals surface area contributed by atoms with Crippen LogP contribution in [-0.2, 0) is 0 Å². The van der Waals surface area contributed by atoms with Gasteiger partial charge >= 0.3 is 5.69 Å². The lowest BCUT2D eigenvalue weighted by molar-refractivity contribution is -0.386. The van der Waals surface area contributed by atoms with Crippen LogP contribution in [0.4, 0.5) is 5.69 Å². The van der Waals surface area contributed by atoms with Crippen molar-refractivity contribution in [3.8, 4) is 28.8 Å². The third-order valence-corrected chi connectivity index (χ3v) is 5.15. The first-order chi connectivity index (χ1) is 13.4. The number of phenolic OH excluding ortho intramolecular Hbond substituents is 1. The van der Waals surface area contributed by atoms with Crippen molar-refractivity contribution in [3.63, 3.8) is 0 Å². The molecule has 0 unspecified atom stereocenters. The average Bonchev–Trinajstić information content (AvgIpc) is 3.16. The number of nitriles is 1. The molecule has 0 aliphatic carbocycles. The van der Waals surface area contributed by atoms with Crippen molar-refractivity contribution >= 4 is 44.6 Å². The smallest absolute Gasteiger partial charge is 0.315 e. The molecule has 7 nitrogen and oxygen atoms in total. The Morgan fingerprint density at radius 2 is 2.21 bits per heavy atom. The van der Waals surface area contributed by atoms with E-state index in [1.807, 2.05) is 29.6 Å². The first-order valence-corrected chi connectivity index (χ1v) is 9.49. The maximum atomic E-state index is 11.1. The fourth-order valence-corrected chi connectivity index (χ4v) is 3.67. The molecule has 0 radical (unpaired) electrons. The number of methoxy groups -OCH3 is 1. The molecular weight excluding hydrogens is 446 g/mol. The minimum absolute atomic E-state index is 0.0493. The van der Waals surface area contributed by atoms with Crippen LogP contribution in [0.1, 0.15) is 10.6 Å². The molecule has 9 heteroatoms. The number of hydrogen-bond donors (Lipinski definition) is 1. The summed E-state index contributed by atoms with van der Waals surface area (Å²) in [6.45, 7) is 0. The van der Waals surface area contributed by atoms with Gasteiger partial charge in [-0.25, -0.2) is 4.98 Å². The molecule has 0 spiro atoms. The van der Waals surface area contributed by atoms with E-state index >= 15 is 0 Å². The Kier molecular flexibility index (Phi) is 5.73. The molecule has 0 bridgehead atoms. The Hall–Kier alpha value is -3.22. The average molecular weight is 458 g/mol. The fourth-order valence-electron chi connectivity index (χ4n) is 2.48. The number of nitro groups is 1. The van der Waals surface area contributed by atoms with Gasteiger partial charge in [-0.2, -0.15) is 5.26 Å². The number of ether oxygens (including phenoxy) is 1. The molecule has 3 aromatic rings. The summed E-state index contributed by atoms with van der Waals surface area (Å²) in [6.07, 6.45) is 1.47. The second-order valence-corrected chi connectivity index (χ2v) is 7.34. The van der Waals surface area contributed by atoms with Gasteiger partial charge in [0.15, 0.2) is 5.75 Å². The maximum absolute atomic E-state index is 11.1. The molecule has 0 atom stereocenters. The Morgan fingerprint density at radius 1 is 1.43 bits per heavy atom.